The Balaban J connectivity index is 1.83. The average molecular weight is 277 g/mol. The summed E-state index contributed by atoms with van der Waals surface area (Å²) < 4.78 is 0. The van der Waals surface area contributed by atoms with Gasteiger partial charge in [-0.25, -0.2) is 4.79 Å². The number of benzene rings is 1. The Morgan fingerprint density at radius 1 is 1.35 bits per heavy atom. The van der Waals surface area contributed by atoms with Crippen molar-refractivity contribution in [2.24, 2.45) is 0 Å². The number of hydrogen-bond donors (Lipinski definition) is 4. The lowest BCUT2D eigenvalue weighted by Crippen LogP contribution is -2.45. The topological polar surface area (TPSA) is 90.5 Å². The second-order valence-electron chi connectivity index (χ2n) is 5.09. The van der Waals surface area contributed by atoms with E-state index in [1.165, 1.54) is 6.92 Å². The van der Waals surface area contributed by atoms with Crippen molar-refractivity contribution in [3.63, 3.8) is 0 Å². The lowest BCUT2D eigenvalue weighted by molar-refractivity contribution is 0.0640. The Morgan fingerprint density at radius 2 is 2.05 bits per heavy atom. The molecule has 1 heterocycles. The predicted octanol–water partition coefficient (Wildman–Crippen LogP) is 0.735. The molecule has 2 rings (SSSR count). The predicted molar refractivity (Wildman–Crippen MR) is 75.9 cm³/mol. The molecule has 6 heteroatoms. The molecule has 1 aliphatic heterocycles. The van der Waals surface area contributed by atoms with Crippen molar-refractivity contribution in [1.82, 2.24) is 10.6 Å². The van der Waals surface area contributed by atoms with Crippen LogP contribution in [0.5, 0.6) is 0 Å². The van der Waals surface area contributed by atoms with E-state index >= 15 is 0 Å². The number of urea groups is 1. The summed E-state index contributed by atoms with van der Waals surface area (Å²) in [6, 6.07) is 6.28. The summed E-state index contributed by atoms with van der Waals surface area (Å²) in [4.78, 5) is 22.8. The zero-order valence-electron chi connectivity index (χ0n) is 11.4. The van der Waals surface area contributed by atoms with Crippen LogP contribution in [0, 0.1) is 0 Å². The third-order valence-corrected chi connectivity index (χ3v) is 3.35. The first-order chi connectivity index (χ1) is 9.48. The molecule has 2 amide bonds. The van der Waals surface area contributed by atoms with Crippen LogP contribution in [0.15, 0.2) is 24.3 Å². The molecular formula is C14H19N3O3. The van der Waals surface area contributed by atoms with Crippen molar-refractivity contribution in [2.75, 3.05) is 25.0 Å². The van der Waals surface area contributed by atoms with Gasteiger partial charge in [-0.2, -0.15) is 0 Å². The van der Waals surface area contributed by atoms with E-state index in [9.17, 15) is 14.7 Å². The molecule has 0 bridgehead atoms. The molecule has 1 saturated heterocycles. The Bertz CT molecular complexity index is 493. The van der Waals surface area contributed by atoms with Gasteiger partial charge in [0.05, 0.1) is 5.60 Å². The van der Waals surface area contributed by atoms with Crippen molar-refractivity contribution in [2.45, 2.75) is 18.9 Å². The maximum absolute atomic E-state index is 11.7. The van der Waals surface area contributed by atoms with Crippen molar-refractivity contribution in [1.29, 1.82) is 0 Å². The summed E-state index contributed by atoms with van der Waals surface area (Å²) in [7, 11) is 0. The first kappa shape index (κ1) is 14.5. The van der Waals surface area contributed by atoms with Gasteiger partial charge < -0.3 is 21.1 Å². The lowest BCUT2D eigenvalue weighted by atomic mass is 10.0. The molecule has 0 aliphatic carbocycles. The number of aliphatic hydroxyl groups is 1. The van der Waals surface area contributed by atoms with Crippen LogP contribution in [0.1, 0.15) is 23.7 Å². The fourth-order valence-corrected chi connectivity index (χ4v) is 2.09. The Hall–Kier alpha value is -1.92. The summed E-state index contributed by atoms with van der Waals surface area (Å²) in [6.07, 6.45) is 0.626. The third-order valence-electron chi connectivity index (χ3n) is 3.35. The molecule has 6 nitrogen and oxygen atoms in total. The number of nitrogens with one attached hydrogen (secondary N) is 3. The SMILES string of the molecule is CC(=O)c1ccc(NC(=O)NCC2(O)CCNC2)cc1. The van der Waals surface area contributed by atoms with Gasteiger partial charge >= 0.3 is 6.03 Å². The highest BCUT2D eigenvalue weighted by molar-refractivity contribution is 5.95. The third kappa shape index (κ3) is 3.79. The molecule has 1 fully saturated rings. The monoisotopic (exact) mass is 277 g/mol. The quantitative estimate of drug-likeness (QED) is 0.611. The first-order valence-corrected chi connectivity index (χ1v) is 6.57. The fourth-order valence-electron chi connectivity index (χ4n) is 2.09. The van der Waals surface area contributed by atoms with Gasteiger partial charge in [-0.3, -0.25) is 4.79 Å². The van der Waals surface area contributed by atoms with Crippen LogP contribution in [-0.2, 0) is 0 Å². The molecule has 0 saturated carbocycles. The van der Waals surface area contributed by atoms with Crippen molar-refractivity contribution >= 4 is 17.5 Å². The Morgan fingerprint density at radius 3 is 2.60 bits per heavy atom. The Labute approximate surface area is 117 Å². The lowest BCUT2D eigenvalue weighted by Gasteiger charge is -2.21. The van der Waals surface area contributed by atoms with Gasteiger partial charge in [-0.1, -0.05) is 0 Å². The zero-order valence-corrected chi connectivity index (χ0v) is 11.4. The van der Waals surface area contributed by atoms with Crippen LogP contribution in [0.3, 0.4) is 0 Å². The minimum Gasteiger partial charge on any atom is -0.387 e. The first-order valence-electron chi connectivity index (χ1n) is 6.57. The molecule has 0 spiro atoms. The van der Waals surface area contributed by atoms with E-state index in [0.29, 0.717) is 24.2 Å². The van der Waals surface area contributed by atoms with E-state index in [4.69, 9.17) is 0 Å². The number of carbonyl (C=O) groups is 2. The van der Waals surface area contributed by atoms with E-state index in [1.54, 1.807) is 24.3 Å². The summed E-state index contributed by atoms with van der Waals surface area (Å²) >= 11 is 0. The normalized spacial score (nSPS) is 21.5. The van der Waals surface area contributed by atoms with Crippen LogP contribution in [0.25, 0.3) is 0 Å². The van der Waals surface area contributed by atoms with E-state index in [-0.39, 0.29) is 18.4 Å². The molecular weight excluding hydrogens is 258 g/mol. The largest absolute Gasteiger partial charge is 0.387 e. The van der Waals surface area contributed by atoms with Gasteiger partial charge in [0.1, 0.15) is 0 Å². The fraction of sp³-hybridized carbons (Fsp3) is 0.429. The highest BCUT2D eigenvalue weighted by atomic mass is 16.3. The number of β-amino-alcohol motifs (C(OH)–C–C–N with tert-alkyl or cyclic N) is 1. The number of Topliss-reactive ketones (excluding diaryl/α,β-unsaturated/α-hetero) is 1. The standard InChI is InChI=1S/C14H19N3O3/c1-10(18)11-2-4-12(5-3-11)17-13(19)16-9-14(20)6-7-15-8-14/h2-5,15,20H,6-9H2,1H3,(H2,16,17,19). The highest BCUT2D eigenvalue weighted by Crippen LogP contribution is 2.13. The molecule has 0 radical (unpaired) electrons. The summed E-state index contributed by atoms with van der Waals surface area (Å²) in [5.41, 5.74) is 0.335. The van der Waals surface area contributed by atoms with E-state index < -0.39 is 5.60 Å². The van der Waals surface area contributed by atoms with Crippen LogP contribution < -0.4 is 16.0 Å². The van der Waals surface area contributed by atoms with Crippen molar-refractivity contribution < 1.29 is 14.7 Å². The van der Waals surface area contributed by atoms with Gasteiger partial charge in [0.25, 0.3) is 0 Å². The number of carbonyl (C=O) groups excluding carboxylic acids is 2. The van der Waals surface area contributed by atoms with Gasteiger partial charge in [-0.15, -0.1) is 0 Å². The second kappa shape index (κ2) is 6.02. The molecule has 1 aromatic rings. The average Bonchev–Trinajstić information content (AvgIpc) is 2.85. The van der Waals surface area contributed by atoms with Crippen molar-refractivity contribution in [3.8, 4) is 0 Å². The van der Waals surface area contributed by atoms with Crippen LogP contribution in [0.4, 0.5) is 10.5 Å². The summed E-state index contributed by atoms with van der Waals surface area (Å²) in [6.45, 7) is 2.94. The van der Waals surface area contributed by atoms with Gasteiger partial charge in [0.2, 0.25) is 0 Å². The summed E-state index contributed by atoms with van der Waals surface area (Å²) in [5.74, 6) is -0.0167. The van der Waals surface area contributed by atoms with Gasteiger partial charge in [0, 0.05) is 24.3 Å². The smallest absolute Gasteiger partial charge is 0.319 e. The molecule has 1 aromatic carbocycles. The molecule has 20 heavy (non-hydrogen) atoms. The molecule has 4 N–H and O–H groups in total. The highest BCUT2D eigenvalue weighted by Gasteiger charge is 2.31. The van der Waals surface area contributed by atoms with Gasteiger partial charge in [-0.05, 0) is 44.2 Å². The number of ketones is 1. The van der Waals surface area contributed by atoms with E-state index in [2.05, 4.69) is 16.0 Å². The van der Waals surface area contributed by atoms with E-state index in [1.807, 2.05) is 0 Å². The summed E-state index contributed by atoms with van der Waals surface area (Å²) in [5, 5.41) is 18.4. The second-order valence-corrected chi connectivity index (χ2v) is 5.09. The van der Waals surface area contributed by atoms with Crippen LogP contribution in [0.2, 0.25) is 0 Å². The van der Waals surface area contributed by atoms with Crippen molar-refractivity contribution in [3.05, 3.63) is 29.8 Å². The van der Waals surface area contributed by atoms with Gasteiger partial charge in [0.15, 0.2) is 5.78 Å². The molecule has 1 atom stereocenters. The van der Waals surface area contributed by atoms with Crippen LogP contribution in [-0.4, -0.2) is 42.2 Å². The molecule has 108 valence electrons. The Kier molecular flexibility index (Phi) is 4.36. The number of rotatable bonds is 4. The molecule has 0 aromatic heterocycles. The maximum atomic E-state index is 11.7. The molecule has 1 aliphatic rings. The zero-order chi connectivity index (χ0) is 14.6. The van der Waals surface area contributed by atoms with Crippen LogP contribution >= 0.6 is 0 Å². The minimum absolute atomic E-state index is 0.0167. The maximum Gasteiger partial charge on any atom is 0.319 e. The molecule has 1 unspecified atom stereocenters. The van der Waals surface area contributed by atoms with E-state index in [0.717, 1.165) is 6.54 Å². The minimum atomic E-state index is -0.865. The number of hydrogen-bond acceptors (Lipinski definition) is 4. The number of amides is 2. The number of anilines is 1.